The highest BCUT2D eigenvalue weighted by atomic mass is 35.5. The Kier molecular flexibility index (Phi) is 12.0. The zero-order chi connectivity index (χ0) is 30.8. The first kappa shape index (κ1) is 32.5. The van der Waals surface area contributed by atoms with E-state index in [-0.39, 0.29) is 12.0 Å². The van der Waals surface area contributed by atoms with Crippen molar-refractivity contribution in [3.8, 4) is 0 Å². The third-order valence-corrected chi connectivity index (χ3v) is 8.21. The summed E-state index contributed by atoms with van der Waals surface area (Å²) in [5.74, 6) is 1.61. The van der Waals surface area contributed by atoms with E-state index >= 15 is 0 Å². The summed E-state index contributed by atoms with van der Waals surface area (Å²) in [6, 6.07) is 12.2. The number of hydrogen-bond acceptors (Lipinski definition) is 7. The second-order valence-electron chi connectivity index (χ2n) is 11.1. The molecule has 2 aliphatic rings. The van der Waals surface area contributed by atoms with Crippen LogP contribution < -0.4 is 4.90 Å². The van der Waals surface area contributed by atoms with Gasteiger partial charge in [0, 0.05) is 77.3 Å². The van der Waals surface area contributed by atoms with Gasteiger partial charge in [-0.05, 0) is 37.1 Å². The van der Waals surface area contributed by atoms with Crippen LogP contribution in [0.15, 0.2) is 71.3 Å². The molecule has 0 radical (unpaired) electrons. The van der Waals surface area contributed by atoms with E-state index in [1.54, 1.807) is 0 Å². The standard InChI is InChI=1S/C33H45ClN6O3/c1-6-32(41)39-18-16-38(17-19-39)31(35-4)14-9-15-40(30-13-8-11-27-10-7-12-29(34)33(27)30)22-25(2)36-26(3)43-24-28-23-37(5)20-21-42-28/h6-8,10-13,28H,1-2,9,14-24H2,3-5H3/t28-/m1/s1. The van der Waals surface area contributed by atoms with Crippen molar-refractivity contribution in [1.29, 1.82) is 0 Å². The molecule has 0 aromatic heterocycles. The maximum atomic E-state index is 12.0. The monoisotopic (exact) mass is 608 g/mol. The molecule has 0 aliphatic carbocycles. The quantitative estimate of drug-likeness (QED) is 0.209. The lowest BCUT2D eigenvalue weighted by molar-refractivity contribution is -0.127. The highest BCUT2D eigenvalue weighted by Crippen LogP contribution is 2.33. The summed E-state index contributed by atoms with van der Waals surface area (Å²) in [5.41, 5.74) is 1.75. The summed E-state index contributed by atoms with van der Waals surface area (Å²) in [4.78, 5) is 30.0. The Labute approximate surface area is 261 Å². The minimum Gasteiger partial charge on any atom is -0.478 e. The Morgan fingerprint density at radius 1 is 1.16 bits per heavy atom. The fraction of sp³-hybridized carbons (Fsp3) is 0.485. The average Bonchev–Trinajstić information content (AvgIpc) is 3.01. The van der Waals surface area contributed by atoms with Gasteiger partial charge in [0.2, 0.25) is 5.91 Å². The molecule has 2 saturated heterocycles. The molecular formula is C33H45ClN6O3. The van der Waals surface area contributed by atoms with Crippen molar-refractivity contribution in [3.05, 3.63) is 66.4 Å². The van der Waals surface area contributed by atoms with Gasteiger partial charge in [-0.1, -0.05) is 49.0 Å². The fourth-order valence-electron chi connectivity index (χ4n) is 5.67. The lowest BCUT2D eigenvalue weighted by Crippen LogP contribution is -2.50. The van der Waals surface area contributed by atoms with Crippen molar-refractivity contribution in [2.75, 3.05) is 84.6 Å². The van der Waals surface area contributed by atoms with Gasteiger partial charge in [-0.25, -0.2) is 4.99 Å². The summed E-state index contributed by atoms with van der Waals surface area (Å²) in [5, 5.41) is 2.82. The van der Waals surface area contributed by atoms with Gasteiger partial charge in [-0.3, -0.25) is 9.79 Å². The van der Waals surface area contributed by atoms with Gasteiger partial charge < -0.3 is 29.1 Å². The van der Waals surface area contributed by atoms with E-state index in [2.05, 4.69) is 64.2 Å². The number of aliphatic imine (C=N–C) groups is 2. The second kappa shape index (κ2) is 15.9. The third-order valence-electron chi connectivity index (χ3n) is 7.90. The van der Waals surface area contributed by atoms with Crippen LogP contribution in [0.2, 0.25) is 5.02 Å². The van der Waals surface area contributed by atoms with Gasteiger partial charge in [0.05, 0.1) is 29.7 Å². The number of likely N-dealkylation sites (N-methyl/N-ethyl adjacent to an activating group) is 1. The third kappa shape index (κ3) is 9.05. The molecule has 10 heteroatoms. The fourth-order valence-corrected chi connectivity index (χ4v) is 5.95. The maximum absolute atomic E-state index is 12.0. The van der Waals surface area contributed by atoms with Gasteiger partial charge >= 0.3 is 0 Å². The SMILES string of the molecule is C=CC(=O)N1CCN(C(CCCN(CC(=C)N=C(C)OC[C@H]2CN(C)CCO2)c2cccc3cccc(Cl)c23)=NC)CC1. The summed E-state index contributed by atoms with van der Waals surface area (Å²) < 4.78 is 11.8. The number of morpholine rings is 1. The van der Waals surface area contributed by atoms with Crippen molar-refractivity contribution in [1.82, 2.24) is 14.7 Å². The van der Waals surface area contributed by atoms with Crippen LogP contribution in [0.1, 0.15) is 19.8 Å². The maximum Gasteiger partial charge on any atom is 0.246 e. The molecule has 232 valence electrons. The molecule has 0 N–H and O–H groups in total. The Hall–Kier alpha value is -3.40. The van der Waals surface area contributed by atoms with Crippen LogP contribution >= 0.6 is 11.6 Å². The first-order valence-electron chi connectivity index (χ1n) is 15.0. The predicted octanol–water partition coefficient (Wildman–Crippen LogP) is 4.72. The number of carbonyl (C=O) groups is 1. The highest BCUT2D eigenvalue weighted by molar-refractivity contribution is 6.36. The van der Waals surface area contributed by atoms with Crippen LogP contribution in [0.4, 0.5) is 5.69 Å². The molecule has 1 atom stereocenters. The van der Waals surface area contributed by atoms with Crippen molar-refractivity contribution in [2.24, 2.45) is 9.98 Å². The number of fused-ring (bicyclic) bond motifs is 1. The van der Waals surface area contributed by atoms with Gasteiger partial charge in [0.15, 0.2) is 5.90 Å². The van der Waals surface area contributed by atoms with Crippen LogP contribution in [0.3, 0.4) is 0 Å². The molecular weight excluding hydrogens is 564 g/mol. The van der Waals surface area contributed by atoms with Gasteiger partial charge in [0.1, 0.15) is 12.7 Å². The number of rotatable bonds is 11. The number of carbonyl (C=O) groups excluding carboxylic acids is 1. The summed E-state index contributed by atoms with van der Waals surface area (Å²) in [6.07, 6.45) is 3.10. The van der Waals surface area contributed by atoms with Crippen molar-refractivity contribution >= 4 is 45.7 Å². The molecule has 0 bridgehead atoms. The van der Waals surface area contributed by atoms with E-state index in [0.29, 0.717) is 49.5 Å². The van der Waals surface area contributed by atoms with E-state index in [9.17, 15) is 4.79 Å². The second-order valence-corrected chi connectivity index (χ2v) is 11.5. The molecule has 43 heavy (non-hydrogen) atoms. The molecule has 9 nitrogen and oxygen atoms in total. The number of ether oxygens (including phenoxy) is 2. The lowest BCUT2D eigenvalue weighted by atomic mass is 10.1. The Morgan fingerprint density at radius 3 is 2.58 bits per heavy atom. The van der Waals surface area contributed by atoms with E-state index in [4.69, 9.17) is 26.1 Å². The molecule has 0 spiro atoms. The number of halogens is 1. The predicted molar refractivity (Wildman–Crippen MR) is 178 cm³/mol. The molecule has 2 aromatic carbocycles. The molecule has 1 amide bonds. The number of piperazine rings is 1. The zero-order valence-electron chi connectivity index (χ0n) is 25.8. The molecule has 4 rings (SSSR count). The number of hydrogen-bond donors (Lipinski definition) is 0. The molecule has 2 fully saturated rings. The highest BCUT2D eigenvalue weighted by Gasteiger charge is 2.22. The average molecular weight is 609 g/mol. The Morgan fingerprint density at radius 2 is 1.88 bits per heavy atom. The van der Waals surface area contributed by atoms with Gasteiger partial charge in [-0.2, -0.15) is 0 Å². The van der Waals surface area contributed by atoms with Crippen LogP contribution in [0.5, 0.6) is 0 Å². The molecule has 0 unspecified atom stereocenters. The van der Waals surface area contributed by atoms with Crippen LogP contribution in [0, 0.1) is 0 Å². The Balaban J connectivity index is 1.43. The van der Waals surface area contributed by atoms with Crippen molar-refractivity contribution in [2.45, 2.75) is 25.9 Å². The number of amides is 1. The van der Waals surface area contributed by atoms with E-state index < -0.39 is 0 Å². The minimum absolute atomic E-state index is 0.0162. The first-order valence-corrected chi connectivity index (χ1v) is 15.4. The number of nitrogens with zero attached hydrogens (tertiary/aromatic N) is 6. The smallest absolute Gasteiger partial charge is 0.246 e. The molecule has 2 aliphatic heterocycles. The lowest BCUT2D eigenvalue weighted by Gasteiger charge is -2.36. The van der Waals surface area contributed by atoms with Crippen LogP contribution in [-0.4, -0.2) is 118 Å². The zero-order valence-corrected chi connectivity index (χ0v) is 26.6. The number of benzene rings is 2. The normalized spacial score (nSPS) is 18.6. The van der Waals surface area contributed by atoms with E-state index in [1.807, 2.05) is 31.0 Å². The summed E-state index contributed by atoms with van der Waals surface area (Å²) in [7, 11) is 3.93. The number of amidine groups is 1. The summed E-state index contributed by atoms with van der Waals surface area (Å²) >= 11 is 6.73. The van der Waals surface area contributed by atoms with Gasteiger partial charge in [-0.15, -0.1) is 0 Å². The van der Waals surface area contributed by atoms with E-state index in [0.717, 1.165) is 67.9 Å². The number of anilines is 1. The van der Waals surface area contributed by atoms with Crippen molar-refractivity contribution < 1.29 is 14.3 Å². The van der Waals surface area contributed by atoms with Crippen LogP contribution in [0.25, 0.3) is 10.8 Å². The molecule has 0 saturated carbocycles. The van der Waals surface area contributed by atoms with Crippen LogP contribution in [-0.2, 0) is 14.3 Å². The topological polar surface area (TPSA) is 73.2 Å². The van der Waals surface area contributed by atoms with Gasteiger partial charge in [0.25, 0.3) is 0 Å². The molecule has 2 heterocycles. The summed E-state index contributed by atoms with van der Waals surface area (Å²) in [6.45, 7) is 16.9. The largest absolute Gasteiger partial charge is 0.478 e. The minimum atomic E-state index is -0.0162. The Bertz CT molecular complexity index is 1330. The van der Waals surface area contributed by atoms with Crippen molar-refractivity contribution in [3.63, 3.8) is 0 Å². The molecule has 2 aromatic rings. The first-order chi connectivity index (χ1) is 20.8. The van der Waals surface area contributed by atoms with E-state index in [1.165, 1.54) is 6.08 Å².